The van der Waals surface area contributed by atoms with E-state index < -0.39 is 15.0 Å². The predicted molar refractivity (Wildman–Crippen MR) is 89.0 cm³/mol. The summed E-state index contributed by atoms with van der Waals surface area (Å²) in [6.45, 7) is 1.86. The Balaban J connectivity index is 2.28. The molecule has 2 aromatic heterocycles. The number of benzene rings is 1. The first-order valence-electron chi connectivity index (χ1n) is 6.23. The molecule has 3 aromatic rings. The van der Waals surface area contributed by atoms with Crippen molar-refractivity contribution in [1.29, 1.82) is 0 Å². The van der Waals surface area contributed by atoms with Crippen LogP contribution in [0, 0.1) is 6.92 Å². The molecule has 0 aliphatic rings. The molecule has 2 heterocycles. The summed E-state index contributed by atoms with van der Waals surface area (Å²) in [5.41, 5.74) is 7.20. The second kappa shape index (κ2) is 5.39. The lowest BCUT2D eigenvalue weighted by molar-refractivity contribution is 0.592. The van der Waals surface area contributed by atoms with E-state index in [0.717, 1.165) is 16.3 Å². The fraction of sp³-hybridized carbons (Fsp3) is 0.167. The number of aryl methyl sites for hydroxylation is 1. The molecule has 0 atom stereocenters. The van der Waals surface area contributed by atoms with Gasteiger partial charge in [-0.3, -0.25) is 0 Å². The minimum atomic E-state index is -3.61. The topological polar surface area (TPSA) is 116 Å². The van der Waals surface area contributed by atoms with Gasteiger partial charge in [-0.25, -0.2) is 8.42 Å². The van der Waals surface area contributed by atoms with Crippen molar-refractivity contribution in [3.05, 3.63) is 27.2 Å². The summed E-state index contributed by atoms with van der Waals surface area (Å²) in [6, 6.07) is 3.58. The molecule has 0 unspecified atom stereocenters. The van der Waals surface area contributed by atoms with Crippen molar-refractivity contribution in [2.24, 2.45) is 0 Å². The molecule has 2 N–H and O–H groups in total. The standard InChI is InChI=1S/C12H10BrClN6O2S/c1-5-3-6(13)4-7(14)8(5)9-16-11-18-12(23(2,21)22)17-10(15)20(11)19-9/h3-4H,1-2H3,(H2,15,16,17,18,19). The number of hydrogen-bond acceptors (Lipinski definition) is 7. The summed E-state index contributed by atoms with van der Waals surface area (Å²) in [6.07, 6.45) is 0.991. The number of nitrogens with two attached hydrogens (primary N) is 1. The minimum absolute atomic E-state index is 0.0336. The van der Waals surface area contributed by atoms with Gasteiger partial charge in [0.15, 0.2) is 5.82 Å². The van der Waals surface area contributed by atoms with Crippen LogP contribution in [-0.2, 0) is 9.84 Å². The molecule has 1 aromatic carbocycles. The minimum Gasteiger partial charge on any atom is -0.368 e. The zero-order valence-corrected chi connectivity index (χ0v) is 15.1. The van der Waals surface area contributed by atoms with E-state index in [1.807, 2.05) is 13.0 Å². The van der Waals surface area contributed by atoms with E-state index >= 15 is 0 Å². The van der Waals surface area contributed by atoms with Gasteiger partial charge in [0.1, 0.15) is 0 Å². The lowest BCUT2D eigenvalue weighted by Crippen LogP contribution is -2.11. The largest absolute Gasteiger partial charge is 0.368 e. The Labute approximate surface area is 144 Å². The Hall–Kier alpha value is -1.78. The van der Waals surface area contributed by atoms with Crippen LogP contribution in [0.15, 0.2) is 21.8 Å². The van der Waals surface area contributed by atoms with Gasteiger partial charge in [-0.15, -0.1) is 5.10 Å². The third-order valence-corrected chi connectivity index (χ3v) is 4.62. The van der Waals surface area contributed by atoms with Gasteiger partial charge >= 0.3 is 0 Å². The Morgan fingerprint density at radius 1 is 1.26 bits per heavy atom. The number of sulfone groups is 1. The summed E-state index contributed by atoms with van der Waals surface area (Å²) in [5, 5.41) is 4.26. The fourth-order valence-corrected chi connectivity index (χ4v) is 3.60. The highest BCUT2D eigenvalue weighted by Gasteiger charge is 2.19. The van der Waals surface area contributed by atoms with Crippen LogP contribution < -0.4 is 5.73 Å². The molecule has 0 bridgehead atoms. The van der Waals surface area contributed by atoms with Crippen molar-refractivity contribution in [3.63, 3.8) is 0 Å². The molecule has 0 saturated carbocycles. The number of halogens is 2. The van der Waals surface area contributed by atoms with E-state index in [2.05, 4.69) is 36.0 Å². The molecule has 8 nitrogen and oxygen atoms in total. The van der Waals surface area contributed by atoms with E-state index in [1.165, 1.54) is 4.52 Å². The van der Waals surface area contributed by atoms with E-state index in [9.17, 15) is 8.42 Å². The number of fused-ring (bicyclic) bond motifs is 1. The number of anilines is 1. The lowest BCUT2D eigenvalue weighted by atomic mass is 10.1. The highest BCUT2D eigenvalue weighted by Crippen LogP contribution is 2.32. The van der Waals surface area contributed by atoms with Crippen molar-refractivity contribution in [3.8, 4) is 11.4 Å². The van der Waals surface area contributed by atoms with Crippen molar-refractivity contribution >= 4 is 49.1 Å². The maximum Gasteiger partial charge on any atom is 0.258 e. The quantitative estimate of drug-likeness (QED) is 0.676. The SMILES string of the molecule is Cc1cc(Br)cc(Cl)c1-c1nc2nc(S(C)(=O)=O)nc(N)n2n1. The van der Waals surface area contributed by atoms with Crippen LogP contribution in [0.25, 0.3) is 17.2 Å². The summed E-state index contributed by atoms with van der Waals surface area (Å²) >= 11 is 9.62. The maximum atomic E-state index is 11.6. The molecule has 11 heteroatoms. The molecular weight excluding hydrogens is 408 g/mol. The van der Waals surface area contributed by atoms with Crippen molar-refractivity contribution in [2.75, 3.05) is 12.0 Å². The van der Waals surface area contributed by atoms with E-state index in [0.29, 0.717) is 10.6 Å². The van der Waals surface area contributed by atoms with Gasteiger partial charge in [0.25, 0.3) is 10.9 Å². The monoisotopic (exact) mass is 416 g/mol. The summed E-state index contributed by atoms with van der Waals surface area (Å²) in [7, 11) is -3.61. The normalized spacial score (nSPS) is 12.0. The van der Waals surface area contributed by atoms with Crippen LogP contribution in [0.5, 0.6) is 0 Å². The average Bonchev–Trinajstić information content (AvgIpc) is 2.80. The van der Waals surface area contributed by atoms with Crippen LogP contribution in [0.2, 0.25) is 5.02 Å². The maximum absolute atomic E-state index is 11.6. The van der Waals surface area contributed by atoms with Crippen molar-refractivity contribution in [1.82, 2.24) is 24.6 Å². The van der Waals surface area contributed by atoms with Crippen LogP contribution in [-0.4, -0.2) is 39.2 Å². The Kier molecular flexibility index (Phi) is 3.77. The van der Waals surface area contributed by atoms with E-state index in [-0.39, 0.29) is 17.6 Å². The zero-order chi connectivity index (χ0) is 16.9. The fourth-order valence-electron chi connectivity index (χ4n) is 2.04. The summed E-state index contributed by atoms with van der Waals surface area (Å²) in [5.74, 6) is 0.193. The van der Waals surface area contributed by atoms with Crippen LogP contribution >= 0.6 is 27.5 Å². The van der Waals surface area contributed by atoms with Gasteiger partial charge < -0.3 is 5.73 Å². The first-order chi connectivity index (χ1) is 10.7. The molecule has 0 spiro atoms. The lowest BCUT2D eigenvalue weighted by Gasteiger charge is -2.04. The Bertz CT molecular complexity index is 1030. The van der Waals surface area contributed by atoms with Gasteiger partial charge in [-0.05, 0) is 24.6 Å². The highest BCUT2D eigenvalue weighted by molar-refractivity contribution is 9.10. The molecule has 0 aliphatic heterocycles. The van der Waals surface area contributed by atoms with Crippen LogP contribution in [0.1, 0.15) is 5.56 Å². The number of rotatable bonds is 2. The third-order valence-electron chi connectivity index (χ3n) is 3.02. The average molecular weight is 418 g/mol. The van der Waals surface area contributed by atoms with Gasteiger partial charge in [-0.1, -0.05) is 27.5 Å². The first-order valence-corrected chi connectivity index (χ1v) is 9.29. The summed E-state index contributed by atoms with van der Waals surface area (Å²) < 4.78 is 25.2. The zero-order valence-electron chi connectivity index (χ0n) is 11.9. The van der Waals surface area contributed by atoms with Gasteiger partial charge in [-0.2, -0.15) is 19.5 Å². The number of hydrogen-bond donors (Lipinski definition) is 1. The molecule has 0 radical (unpaired) electrons. The summed E-state index contributed by atoms with van der Waals surface area (Å²) in [4.78, 5) is 11.9. The predicted octanol–water partition coefficient (Wildman–Crippen LogP) is 1.90. The van der Waals surface area contributed by atoms with E-state index in [4.69, 9.17) is 17.3 Å². The van der Waals surface area contributed by atoms with Crippen molar-refractivity contribution in [2.45, 2.75) is 12.1 Å². The number of nitrogens with zero attached hydrogens (tertiary/aromatic N) is 5. The van der Waals surface area contributed by atoms with E-state index in [1.54, 1.807) is 6.07 Å². The van der Waals surface area contributed by atoms with Gasteiger partial charge in [0.2, 0.25) is 15.8 Å². The molecule has 3 rings (SSSR count). The molecule has 0 aliphatic carbocycles. The molecule has 0 amide bonds. The smallest absolute Gasteiger partial charge is 0.258 e. The van der Waals surface area contributed by atoms with Crippen molar-refractivity contribution < 1.29 is 8.42 Å². The highest BCUT2D eigenvalue weighted by atomic mass is 79.9. The molecule has 23 heavy (non-hydrogen) atoms. The molecule has 0 saturated heterocycles. The molecule has 0 fully saturated rings. The molecular formula is C12H10BrClN6O2S. The van der Waals surface area contributed by atoms with Gasteiger partial charge in [0, 0.05) is 16.3 Å². The Morgan fingerprint density at radius 2 is 1.96 bits per heavy atom. The van der Waals surface area contributed by atoms with Crippen LogP contribution in [0.3, 0.4) is 0 Å². The number of aromatic nitrogens is 5. The third kappa shape index (κ3) is 2.89. The number of nitrogen functional groups attached to an aromatic ring is 1. The van der Waals surface area contributed by atoms with Crippen LogP contribution in [0.4, 0.5) is 5.95 Å². The van der Waals surface area contributed by atoms with Gasteiger partial charge in [0.05, 0.1) is 5.02 Å². The first kappa shape index (κ1) is 16.1. The molecule has 120 valence electrons. The Morgan fingerprint density at radius 3 is 2.57 bits per heavy atom. The second-order valence-electron chi connectivity index (χ2n) is 4.86. The second-order valence-corrected chi connectivity index (χ2v) is 8.10.